The average molecular weight is 853 g/mol. The maximum atomic E-state index is 2.59. The molecule has 308 valence electrons. The molecular formula is C55H64S4. The van der Waals surface area contributed by atoms with Crippen molar-refractivity contribution < 1.29 is 0 Å². The molecular weight excluding hydrogens is 789 g/mol. The normalized spacial score (nSPS) is 13.7. The minimum atomic E-state index is -0.0627. The van der Waals surface area contributed by atoms with Gasteiger partial charge in [-0.2, -0.15) is 0 Å². The van der Waals surface area contributed by atoms with E-state index in [0.717, 1.165) is 0 Å². The quantitative estimate of drug-likeness (QED) is 0.151. The summed E-state index contributed by atoms with van der Waals surface area (Å²) in [5, 5.41) is 8.34. The first-order valence-corrected chi connectivity index (χ1v) is 24.8. The van der Waals surface area contributed by atoms with Gasteiger partial charge < -0.3 is 0 Å². The van der Waals surface area contributed by atoms with E-state index in [-0.39, 0.29) is 27.1 Å². The van der Waals surface area contributed by atoms with Gasteiger partial charge >= 0.3 is 0 Å². The molecule has 4 heteroatoms. The van der Waals surface area contributed by atoms with Crippen LogP contribution < -0.4 is 0 Å². The second-order valence-electron chi connectivity index (χ2n) is 22.5. The Labute approximate surface area is 371 Å². The molecule has 0 aliphatic rings. The van der Waals surface area contributed by atoms with Gasteiger partial charge in [-0.25, -0.2) is 0 Å². The summed E-state index contributed by atoms with van der Waals surface area (Å²) in [6.07, 6.45) is 0. The SMILES string of the molecule is CC(C)c1ccc(-c2c(-c3ccc(C(C)(C)C)s3)c3cc(C(C)(C)C)cc4c(-c5ccc(C(C)(C)C)s5)c(-c5ccc(C(C)(C)C)s5)c5cc(C(C)(C)C)cc2c5c34)s1. The molecule has 0 amide bonds. The van der Waals surface area contributed by atoms with E-state index < -0.39 is 0 Å². The second kappa shape index (κ2) is 14.1. The van der Waals surface area contributed by atoms with Crippen LogP contribution >= 0.6 is 45.3 Å². The first-order valence-electron chi connectivity index (χ1n) is 21.5. The summed E-state index contributed by atoms with van der Waals surface area (Å²) in [6.45, 7) is 40.2. The molecule has 0 fully saturated rings. The molecule has 8 rings (SSSR count). The van der Waals surface area contributed by atoms with E-state index in [1.54, 1.807) is 0 Å². The lowest BCUT2D eigenvalue weighted by Gasteiger charge is -2.29. The Kier molecular flexibility index (Phi) is 10.2. The standard InChI is InChI=1S/C55H64S4/c1-30(2)37-18-19-38(56-37)47-33-26-31(51(3,4)5)28-35-45(33)46-34(48(47)39-20-23-42(57-39)53(9,10)11)27-32(52(6,7)8)29-36(46)50(41-22-25-44(59-41)55(15,16)17)49(35)40-21-24-43(58-40)54(12,13)14/h18-30H,1-17H3. The third-order valence-electron chi connectivity index (χ3n) is 12.1. The minimum absolute atomic E-state index is 0.0576. The molecule has 0 atom stereocenters. The van der Waals surface area contributed by atoms with Crippen molar-refractivity contribution in [2.75, 3.05) is 0 Å². The molecule has 0 saturated heterocycles. The van der Waals surface area contributed by atoms with Gasteiger partial charge in [0.25, 0.3) is 0 Å². The summed E-state index contributed by atoms with van der Waals surface area (Å²) in [7, 11) is 0. The van der Waals surface area contributed by atoms with Crippen LogP contribution in [0.4, 0.5) is 0 Å². The lowest BCUT2D eigenvalue weighted by Crippen LogP contribution is -2.12. The molecule has 4 aromatic heterocycles. The van der Waals surface area contributed by atoms with Crippen molar-refractivity contribution in [1.29, 1.82) is 0 Å². The molecule has 0 unspecified atom stereocenters. The smallest absolute Gasteiger partial charge is 0.0358 e. The highest BCUT2D eigenvalue weighted by molar-refractivity contribution is 7.17. The zero-order chi connectivity index (χ0) is 42.9. The van der Waals surface area contributed by atoms with Gasteiger partial charge in [-0.1, -0.05) is 118 Å². The van der Waals surface area contributed by atoms with Crippen LogP contribution in [-0.2, 0) is 27.1 Å². The zero-order valence-electron chi connectivity index (χ0n) is 38.6. The van der Waals surface area contributed by atoms with Crippen molar-refractivity contribution in [1.82, 2.24) is 0 Å². The van der Waals surface area contributed by atoms with Crippen molar-refractivity contribution in [2.45, 2.75) is 151 Å². The van der Waals surface area contributed by atoms with Gasteiger partial charge in [0.2, 0.25) is 0 Å². The lowest BCUT2D eigenvalue weighted by atomic mass is 9.76. The van der Waals surface area contributed by atoms with Crippen LogP contribution in [0.2, 0.25) is 0 Å². The third-order valence-corrected chi connectivity index (χ3v) is 18.0. The molecule has 0 nitrogen and oxygen atoms in total. The lowest BCUT2D eigenvalue weighted by molar-refractivity contribution is 0.591. The van der Waals surface area contributed by atoms with Crippen LogP contribution in [0.3, 0.4) is 0 Å². The first-order chi connectivity index (χ1) is 27.2. The van der Waals surface area contributed by atoms with E-state index in [9.17, 15) is 0 Å². The fraction of sp³-hybridized carbons (Fsp3) is 0.418. The Morgan fingerprint density at radius 1 is 0.339 bits per heavy atom. The van der Waals surface area contributed by atoms with Crippen LogP contribution in [-0.4, -0.2) is 0 Å². The molecule has 0 bridgehead atoms. The van der Waals surface area contributed by atoms with E-state index in [1.807, 2.05) is 45.3 Å². The molecule has 0 N–H and O–H groups in total. The number of thiophene rings is 4. The predicted molar refractivity (Wildman–Crippen MR) is 271 cm³/mol. The van der Waals surface area contributed by atoms with Crippen LogP contribution in [0, 0.1) is 0 Å². The molecule has 59 heavy (non-hydrogen) atoms. The maximum absolute atomic E-state index is 2.59. The fourth-order valence-electron chi connectivity index (χ4n) is 8.46. The second-order valence-corrected chi connectivity index (χ2v) is 26.9. The highest BCUT2D eigenvalue weighted by Gasteiger charge is 2.32. The van der Waals surface area contributed by atoms with E-state index in [4.69, 9.17) is 0 Å². The summed E-state index contributed by atoms with van der Waals surface area (Å²) >= 11 is 7.97. The average Bonchev–Trinajstić information content (AvgIpc) is 3.94. The van der Waals surface area contributed by atoms with Crippen molar-refractivity contribution >= 4 is 77.7 Å². The van der Waals surface area contributed by atoms with E-state index >= 15 is 0 Å². The van der Waals surface area contributed by atoms with Crippen LogP contribution in [0.5, 0.6) is 0 Å². The predicted octanol–water partition coefficient (Wildman–Crippen LogP) is 19.1. The largest absolute Gasteiger partial charge is 0.140 e. The minimum Gasteiger partial charge on any atom is -0.140 e. The van der Waals surface area contributed by atoms with Gasteiger partial charge in [0.05, 0.1) is 0 Å². The van der Waals surface area contributed by atoms with Crippen molar-refractivity contribution in [3.8, 4) is 41.8 Å². The number of hydrogen-bond donors (Lipinski definition) is 0. The Morgan fingerprint density at radius 3 is 0.831 bits per heavy atom. The number of benzene rings is 4. The summed E-state index contributed by atoms with van der Waals surface area (Å²) in [6, 6.07) is 29.7. The highest BCUT2D eigenvalue weighted by atomic mass is 32.1. The number of hydrogen-bond acceptors (Lipinski definition) is 4. The molecule has 0 aliphatic carbocycles. The van der Waals surface area contributed by atoms with E-state index in [0.29, 0.717) is 5.92 Å². The van der Waals surface area contributed by atoms with Gasteiger partial charge in [0.15, 0.2) is 0 Å². The van der Waals surface area contributed by atoms with Gasteiger partial charge in [-0.05, 0) is 149 Å². The van der Waals surface area contributed by atoms with Crippen LogP contribution in [0.1, 0.15) is 154 Å². The van der Waals surface area contributed by atoms with Crippen molar-refractivity contribution in [3.05, 3.63) is 103 Å². The fourth-order valence-corrected chi connectivity index (χ4v) is 12.9. The zero-order valence-corrected chi connectivity index (χ0v) is 41.9. The Hall–Kier alpha value is -3.28. The van der Waals surface area contributed by atoms with Crippen LogP contribution in [0.25, 0.3) is 74.1 Å². The van der Waals surface area contributed by atoms with Crippen LogP contribution in [0.15, 0.2) is 72.8 Å². The topological polar surface area (TPSA) is 0 Å². The van der Waals surface area contributed by atoms with Crippen molar-refractivity contribution in [2.24, 2.45) is 0 Å². The third kappa shape index (κ3) is 7.47. The van der Waals surface area contributed by atoms with E-state index in [1.165, 1.54) is 105 Å². The van der Waals surface area contributed by atoms with Crippen molar-refractivity contribution in [3.63, 3.8) is 0 Å². The maximum Gasteiger partial charge on any atom is 0.0358 e. The molecule has 4 aromatic carbocycles. The Bertz CT molecular complexity index is 2860. The van der Waals surface area contributed by atoms with Gasteiger partial charge in [0, 0.05) is 61.3 Å². The highest BCUT2D eigenvalue weighted by Crippen LogP contribution is 2.58. The molecule has 0 aliphatic heterocycles. The summed E-state index contributed by atoms with van der Waals surface area (Å²) in [5.74, 6) is 0.466. The van der Waals surface area contributed by atoms with Gasteiger partial charge in [-0.3, -0.25) is 0 Å². The van der Waals surface area contributed by atoms with E-state index in [2.05, 4.69) is 190 Å². The first kappa shape index (κ1) is 42.4. The molecule has 4 heterocycles. The summed E-state index contributed by atoms with van der Waals surface area (Å²) < 4.78 is 0. The molecule has 0 spiro atoms. The Balaban J connectivity index is 1.71. The molecule has 0 radical (unpaired) electrons. The van der Waals surface area contributed by atoms with Gasteiger partial charge in [-0.15, -0.1) is 45.3 Å². The van der Waals surface area contributed by atoms with Gasteiger partial charge in [0.1, 0.15) is 0 Å². The Morgan fingerprint density at radius 2 is 0.610 bits per heavy atom. The monoisotopic (exact) mass is 852 g/mol. The molecule has 0 saturated carbocycles. The number of rotatable bonds is 5. The molecule has 8 aromatic rings. The summed E-state index contributed by atoms with van der Waals surface area (Å²) in [4.78, 5) is 11.2. The summed E-state index contributed by atoms with van der Waals surface area (Å²) in [5.41, 5.74) is 8.39.